The van der Waals surface area contributed by atoms with Gasteiger partial charge in [0.15, 0.2) is 30.1 Å². The molecule has 25 nitrogen and oxygen atoms in total. The van der Waals surface area contributed by atoms with Gasteiger partial charge in [-0.05, 0) is 142 Å². The zero-order chi connectivity index (χ0) is 84.7. The maximum Gasteiger partial charge on any atom is 0.199 e. The third-order valence-corrected chi connectivity index (χ3v) is 23.4. The number of oxime groups is 4. The van der Waals surface area contributed by atoms with Crippen LogP contribution >= 0.6 is 63.7 Å². The predicted octanol–water partition coefficient (Wildman–Crippen LogP) is 18.1. The molecule has 8 heterocycles. The lowest BCUT2D eigenvalue weighted by Crippen LogP contribution is -3.10. The number of aliphatic imine (C=N–C) groups is 4. The fraction of sp³-hybridized carbons (Fsp3) is 0.297. The van der Waals surface area contributed by atoms with Gasteiger partial charge in [0, 0.05) is 103 Å². The van der Waals surface area contributed by atoms with Gasteiger partial charge in [0.1, 0.15) is 84.7 Å². The second-order valence-corrected chi connectivity index (χ2v) is 33.1. The Morgan fingerprint density at radius 3 is 1.02 bits per heavy atom. The van der Waals surface area contributed by atoms with Crippen molar-refractivity contribution in [3.05, 3.63) is 232 Å². The van der Waals surface area contributed by atoms with Gasteiger partial charge in [0.05, 0.1) is 58.2 Å². The highest BCUT2D eigenvalue weighted by Crippen LogP contribution is 2.42. The van der Waals surface area contributed by atoms with E-state index in [-0.39, 0.29) is 35.7 Å². The summed E-state index contributed by atoms with van der Waals surface area (Å²) in [7, 11) is 3.96. The SMILES string of the molecule is CCC(CC)CCO/N=C1/C(c2c(O)[nH]c3ccc(Br)cc23)=Nc2ccccc21.CCC(O)CN(C)CCO/N=C1/C(c2c(O)[nH]c3ccc(Br)cc23)=Nc2ccccc21.CCC(O)C[NH+](C)CCO/N=C1/C(c2c(O)[nH]c3ccc(Br)cc23)=Nc2ccccc21.CCN(CC)CCO/N=C1/C(c2c(O)[nH]c3ccc(Br)cc23)=Nc2ccccc21. The van der Waals surface area contributed by atoms with E-state index in [2.05, 4.69) is 137 Å². The van der Waals surface area contributed by atoms with Crippen molar-refractivity contribution in [1.82, 2.24) is 29.7 Å². The molecule has 0 saturated carbocycles. The molecular formula is C91H98Br4N15O10+. The number of aromatic hydroxyl groups is 4. The molecule has 29 heteroatoms. The molecule has 0 bridgehead atoms. The first kappa shape index (κ1) is 87.2. The zero-order valence-corrected chi connectivity index (χ0v) is 74.4. The van der Waals surface area contributed by atoms with Crippen LogP contribution in [0.25, 0.3) is 43.6 Å². The van der Waals surface area contributed by atoms with E-state index < -0.39 is 0 Å². The van der Waals surface area contributed by atoms with Crippen molar-refractivity contribution in [3.63, 3.8) is 0 Å². The van der Waals surface area contributed by atoms with E-state index in [1.54, 1.807) is 0 Å². The molecule has 0 saturated heterocycles. The number of aromatic amines is 4. The minimum absolute atomic E-state index is 0.0423. The van der Waals surface area contributed by atoms with E-state index in [1.165, 1.54) is 4.90 Å². The molecule has 16 rings (SSSR count). The van der Waals surface area contributed by atoms with Gasteiger partial charge in [0.25, 0.3) is 0 Å². The Balaban J connectivity index is 0.000000138. The molecular weight excluding hydrogens is 1780 g/mol. The number of nitrogens with one attached hydrogen (secondary N) is 5. The van der Waals surface area contributed by atoms with Crippen LogP contribution in [0.1, 0.15) is 118 Å². The summed E-state index contributed by atoms with van der Waals surface area (Å²) >= 11 is 14.0. The number of benzene rings is 8. The lowest BCUT2D eigenvalue weighted by molar-refractivity contribution is -0.883. The predicted molar refractivity (Wildman–Crippen MR) is 494 cm³/mol. The van der Waals surface area contributed by atoms with E-state index in [0.717, 1.165) is 152 Å². The average Bonchev–Trinajstić information content (AvgIpc) is 1.62. The Labute approximate surface area is 729 Å². The van der Waals surface area contributed by atoms with Crippen molar-refractivity contribution in [2.24, 2.45) is 46.5 Å². The average molecular weight is 1880 g/mol. The second kappa shape index (κ2) is 40.6. The number of para-hydroxylation sites is 4. The minimum atomic E-state index is -0.346. The third kappa shape index (κ3) is 20.2. The fourth-order valence-corrected chi connectivity index (χ4v) is 16.1. The van der Waals surface area contributed by atoms with Crippen LogP contribution in [-0.2, 0) is 19.4 Å². The number of aromatic nitrogens is 4. The van der Waals surface area contributed by atoms with E-state index >= 15 is 0 Å². The van der Waals surface area contributed by atoms with Crippen LogP contribution < -0.4 is 4.90 Å². The van der Waals surface area contributed by atoms with Crippen molar-refractivity contribution in [2.75, 3.05) is 86.3 Å². The van der Waals surface area contributed by atoms with E-state index in [9.17, 15) is 30.6 Å². The van der Waals surface area contributed by atoms with Crippen molar-refractivity contribution in [2.45, 2.75) is 85.9 Å². The third-order valence-electron chi connectivity index (χ3n) is 21.4. The summed E-state index contributed by atoms with van der Waals surface area (Å²) in [4.78, 5) is 59.3. The maximum absolute atomic E-state index is 10.7. The number of likely N-dealkylation sites (N-methyl/N-ethyl adjacent to an activating group) is 3. The number of hydrogen-bond donors (Lipinski definition) is 11. The highest BCUT2D eigenvalue weighted by molar-refractivity contribution is 9.11. The number of fused-ring (bicyclic) bond motifs is 8. The molecule has 0 fully saturated rings. The summed E-state index contributed by atoms with van der Waals surface area (Å²) in [6, 6.07) is 54.2. The molecule has 11 N–H and O–H groups in total. The molecule has 0 amide bonds. The monoisotopic (exact) mass is 1880 g/mol. The molecule has 0 aliphatic carbocycles. The minimum Gasteiger partial charge on any atom is -0.494 e. The van der Waals surface area contributed by atoms with Gasteiger partial charge in [-0.25, -0.2) is 20.0 Å². The molecule has 4 aliphatic rings. The molecule has 0 spiro atoms. The summed E-state index contributed by atoms with van der Waals surface area (Å²) in [6.07, 6.45) is 4.06. The largest absolute Gasteiger partial charge is 0.494 e. The Morgan fingerprint density at radius 1 is 0.400 bits per heavy atom. The van der Waals surface area contributed by atoms with Crippen molar-refractivity contribution in [3.8, 4) is 23.5 Å². The van der Waals surface area contributed by atoms with Gasteiger partial charge >= 0.3 is 0 Å². The molecule has 4 aliphatic heterocycles. The van der Waals surface area contributed by atoms with Crippen LogP contribution in [0.5, 0.6) is 23.5 Å². The second-order valence-electron chi connectivity index (χ2n) is 29.5. The molecule has 0 radical (unpaired) electrons. The van der Waals surface area contributed by atoms with E-state index in [0.29, 0.717) is 133 Å². The van der Waals surface area contributed by atoms with Gasteiger partial charge in [-0.3, -0.25) is 0 Å². The number of aliphatic hydroxyl groups excluding tert-OH is 2. The van der Waals surface area contributed by atoms with E-state index in [1.807, 2.05) is 203 Å². The number of halogens is 4. The smallest absolute Gasteiger partial charge is 0.199 e. The van der Waals surface area contributed by atoms with Gasteiger partial charge in [0.2, 0.25) is 0 Å². The number of quaternary nitrogens is 1. The van der Waals surface area contributed by atoms with Gasteiger partial charge in [-0.2, -0.15) is 0 Å². The molecule has 12 aromatic rings. The molecule has 8 aromatic carbocycles. The molecule has 624 valence electrons. The number of aliphatic hydroxyl groups is 2. The summed E-state index contributed by atoms with van der Waals surface area (Å²) in [5, 5.41) is 83.4. The first-order chi connectivity index (χ1) is 58.2. The summed E-state index contributed by atoms with van der Waals surface area (Å²) in [5.41, 5.74) is 17.4. The van der Waals surface area contributed by atoms with Crippen LogP contribution in [0.2, 0.25) is 0 Å². The number of rotatable bonds is 30. The molecule has 3 atom stereocenters. The van der Waals surface area contributed by atoms with Crippen molar-refractivity contribution in [1.29, 1.82) is 0 Å². The standard InChI is InChI=1S/2C23H25BrN4O3.C23H24BrN3O2.C22H23BrN4O2/c2*1-3-15(29)13-28(2)10-11-31-27-21-16-6-4-5-7-18(16)25-22(21)20-17-12-14(24)8-9-19(17)26-23(20)30;1-3-14(4-2)11-12-29-27-21-16-7-5-6-8-18(16)25-22(21)20-17-13-15(24)9-10-19(17)26-23(20)28;1-3-27(4-2)11-12-29-26-20-15-7-5-6-8-17(15)24-21(20)19-16-13-14(23)9-10-18(16)25-22(19)28/h2*4-9,12,15,26,29-30H,3,10-11,13H2,1-2H3;5-10,13-14,26,28H,3-4,11-12H2,1-2H3;5-10,13,25,28H,3-4,11-12H2,1-2H3/p+1/b3*27-21+;26-20+. The van der Waals surface area contributed by atoms with Gasteiger partial charge < -0.3 is 84.6 Å². The Bertz CT molecular complexity index is 5580. The normalized spacial score (nSPS) is 15.3. The maximum atomic E-state index is 10.7. The topological polar surface area (TPSA) is 331 Å². The zero-order valence-electron chi connectivity index (χ0n) is 68.0. The van der Waals surface area contributed by atoms with Crippen molar-refractivity contribution >= 4 is 176 Å². The number of hydrogen-bond acceptors (Lipinski definition) is 20. The van der Waals surface area contributed by atoms with Crippen LogP contribution in [0.3, 0.4) is 0 Å². The van der Waals surface area contributed by atoms with Gasteiger partial charge in [-0.1, -0.05) is 212 Å². The summed E-state index contributed by atoms with van der Waals surface area (Å²) in [5.74, 6) is 0.884. The summed E-state index contributed by atoms with van der Waals surface area (Å²) < 4.78 is 3.67. The first-order valence-electron chi connectivity index (χ1n) is 40.3. The number of nitrogens with zero attached hydrogens (tertiary/aromatic N) is 10. The van der Waals surface area contributed by atoms with Crippen LogP contribution in [0, 0.1) is 5.92 Å². The quantitative estimate of drug-likeness (QED) is 0.0148. The van der Waals surface area contributed by atoms with Crippen LogP contribution in [0.15, 0.2) is 228 Å². The molecule has 4 aromatic heterocycles. The lowest BCUT2D eigenvalue weighted by Gasteiger charge is -2.18. The Kier molecular flexibility index (Phi) is 29.5. The summed E-state index contributed by atoms with van der Waals surface area (Å²) in [6.45, 7) is 19.8. The van der Waals surface area contributed by atoms with Crippen molar-refractivity contribution < 1.29 is 54.9 Å². The lowest BCUT2D eigenvalue weighted by atomic mass is 10.0. The Hall–Kier alpha value is -10.6. The highest BCUT2D eigenvalue weighted by Gasteiger charge is 2.34. The van der Waals surface area contributed by atoms with Gasteiger partial charge in [-0.15, -0.1) is 0 Å². The first-order valence-corrected chi connectivity index (χ1v) is 43.5. The van der Waals surface area contributed by atoms with Crippen LogP contribution in [0.4, 0.5) is 22.7 Å². The molecule has 3 unspecified atom stereocenters. The number of H-pyrrole nitrogens is 4. The Morgan fingerprint density at radius 2 is 0.708 bits per heavy atom. The molecule has 120 heavy (non-hydrogen) atoms. The van der Waals surface area contributed by atoms with Crippen LogP contribution in [-0.4, -0.2) is 205 Å². The van der Waals surface area contributed by atoms with E-state index in [4.69, 9.17) is 39.3 Å². The highest BCUT2D eigenvalue weighted by atomic mass is 79.9. The fourth-order valence-electron chi connectivity index (χ4n) is 14.6.